The van der Waals surface area contributed by atoms with Gasteiger partial charge in [-0.1, -0.05) is 12.1 Å². The number of nitrogens with zero attached hydrogens (tertiary/aromatic N) is 3. The van der Waals surface area contributed by atoms with E-state index in [4.69, 9.17) is 0 Å². The van der Waals surface area contributed by atoms with Crippen molar-refractivity contribution in [1.29, 1.82) is 0 Å². The average Bonchev–Trinajstić information content (AvgIpc) is 2.82. The van der Waals surface area contributed by atoms with Gasteiger partial charge in [0.2, 0.25) is 5.95 Å². The second-order valence-electron chi connectivity index (χ2n) is 9.05. The Morgan fingerprint density at radius 2 is 1.77 bits per heavy atom. The predicted octanol–water partition coefficient (Wildman–Crippen LogP) is 5.25. The summed E-state index contributed by atoms with van der Waals surface area (Å²) in [4.78, 5) is 23.6. The third-order valence-corrected chi connectivity index (χ3v) is 6.27. The van der Waals surface area contributed by atoms with Crippen LogP contribution in [0.15, 0.2) is 42.5 Å². The molecule has 0 aliphatic heterocycles. The van der Waals surface area contributed by atoms with Crippen LogP contribution in [-0.2, 0) is 6.18 Å². The van der Waals surface area contributed by atoms with E-state index >= 15 is 0 Å². The molecule has 0 unspecified atom stereocenters. The van der Waals surface area contributed by atoms with Crippen LogP contribution in [0.4, 0.5) is 29.3 Å². The number of hydrogen-bond acceptors (Lipinski definition) is 5. The Morgan fingerprint density at radius 3 is 2.46 bits per heavy atom. The van der Waals surface area contributed by atoms with Crippen LogP contribution in [0.2, 0.25) is 0 Å². The van der Waals surface area contributed by atoms with E-state index in [0.29, 0.717) is 24.6 Å². The molecule has 1 amide bonds. The molecule has 0 spiro atoms. The van der Waals surface area contributed by atoms with Crippen molar-refractivity contribution in [2.24, 2.45) is 5.92 Å². The number of nitrogens with one attached hydrogen (secondary N) is 2. The first-order chi connectivity index (χ1) is 16.6. The maximum atomic E-state index is 13.5. The van der Waals surface area contributed by atoms with Crippen molar-refractivity contribution in [2.45, 2.75) is 37.9 Å². The van der Waals surface area contributed by atoms with Gasteiger partial charge in [0.15, 0.2) is 0 Å². The zero-order chi connectivity index (χ0) is 25.2. The van der Waals surface area contributed by atoms with Crippen LogP contribution in [-0.4, -0.2) is 42.6 Å². The highest BCUT2D eigenvalue weighted by molar-refractivity contribution is 5.94. The van der Waals surface area contributed by atoms with Gasteiger partial charge in [0.05, 0.1) is 11.1 Å². The lowest BCUT2D eigenvalue weighted by Crippen LogP contribution is -2.34. The molecular weight excluding hydrogens is 462 g/mol. The molecule has 1 aliphatic rings. The number of amides is 1. The fourth-order valence-corrected chi connectivity index (χ4v) is 4.38. The molecule has 0 radical (unpaired) electrons. The van der Waals surface area contributed by atoms with Crippen LogP contribution in [0.1, 0.15) is 41.6 Å². The van der Waals surface area contributed by atoms with Gasteiger partial charge in [0.25, 0.3) is 5.91 Å². The number of carbonyl (C=O) groups is 1. The Kier molecular flexibility index (Phi) is 7.09. The standard InChI is InChI=1S/C25H27F4N5O/c1-34(2)22-18-5-3-4-6-21(18)32-24(33-22)31-17-10-7-15(8-11-17)14-30-23(35)16-9-12-20(26)19(13-16)25(27,28)29/h3-6,9,12-13,15,17H,7-8,10-11,14H2,1-2H3,(H,30,35)(H,31,32,33). The number of anilines is 2. The van der Waals surface area contributed by atoms with E-state index in [0.717, 1.165) is 48.5 Å². The van der Waals surface area contributed by atoms with Crippen molar-refractivity contribution < 1.29 is 22.4 Å². The highest BCUT2D eigenvalue weighted by Gasteiger charge is 2.34. The van der Waals surface area contributed by atoms with E-state index < -0.39 is 23.5 Å². The summed E-state index contributed by atoms with van der Waals surface area (Å²) in [5, 5.41) is 7.10. The number of fused-ring (bicyclic) bond motifs is 1. The summed E-state index contributed by atoms with van der Waals surface area (Å²) < 4.78 is 52.2. The van der Waals surface area contributed by atoms with Crippen LogP contribution < -0.4 is 15.5 Å². The first kappa shape index (κ1) is 24.7. The molecule has 35 heavy (non-hydrogen) atoms. The second-order valence-corrected chi connectivity index (χ2v) is 9.05. The molecular formula is C25H27F4N5O. The van der Waals surface area contributed by atoms with Crippen molar-refractivity contribution in [2.75, 3.05) is 30.9 Å². The molecule has 186 valence electrons. The second kappa shape index (κ2) is 10.1. The van der Waals surface area contributed by atoms with Gasteiger partial charge < -0.3 is 15.5 Å². The minimum atomic E-state index is -4.85. The molecule has 2 N–H and O–H groups in total. The first-order valence-electron chi connectivity index (χ1n) is 11.5. The minimum absolute atomic E-state index is 0.185. The number of para-hydroxylation sites is 1. The maximum absolute atomic E-state index is 13.5. The summed E-state index contributed by atoms with van der Waals surface area (Å²) in [6.45, 7) is 0.349. The minimum Gasteiger partial charge on any atom is -0.362 e. The molecule has 2 aromatic carbocycles. The average molecular weight is 490 g/mol. The van der Waals surface area contributed by atoms with E-state index in [1.165, 1.54) is 0 Å². The van der Waals surface area contributed by atoms with Crippen molar-refractivity contribution >= 4 is 28.6 Å². The molecule has 10 heteroatoms. The molecule has 3 aromatic rings. The lowest BCUT2D eigenvalue weighted by atomic mass is 9.86. The molecule has 0 saturated heterocycles. The maximum Gasteiger partial charge on any atom is 0.419 e. The Bertz CT molecular complexity index is 1210. The van der Waals surface area contributed by atoms with E-state index in [2.05, 4.69) is 20.6 Å². The van der Waals surface area contributed by atoms with Gasteiger partial charge in [0, 0.05) is 37.6 Å². The molecule has 4 rings (SSSR count). The summed E-state index contributed by atoms with van der Waals surface area (Å²) in [7, 11) is 3.88. The van der Waals surface area contributed by atoms with E-state index in [-0.39, 0.29) is 17.5 Å². The molecule has 1 heterocycles. The monoisotopic (exact) mass is 489 g/mol. The number of hydrogen-bond donors (Lipinski definition) is 2. The Hall–Kier alpha value is -3.43. The normalized spacial score (nSPS) is 18.3. The van der Waals surface area contributed by atoms with Crippen LogP contribution in [0.5, 0.6) is 0 Å². The smallest absolute Gasteiger partial charge is 0.362 e. The third-order valence-electron chi connectivity index (χ3n) is 6.27. The van der Waals surface area contributed by atoms with E-state index in [1.54, 1.807) is 0 Å². The van der Waals surface area contributed by atoms with Gasteiger partial charge in [-0.05, 0) is 61.9 Å². The van der Waals surface area contributed by atoms with Crippen molar-refractivity contribution in [1.82, 2.24) is 15.3 Å². The molecule has 1 aliphatic carbocycles. The van der Waals surface area contributed by atoms with E-state index in [1.807, 2.05) is 43.3 Å². The van der Waals surface area contributed by atoms with Gasteiger partial charge >= 0.3 is 6.18 Å². The van der Waals surface area contributed by atoms with Gasteiger partial charge in [-0.15, -0.1) is 0 Å². The Labute approximate surface area is 200 Å². The van der Waals surface area contributed by atoms with Gasteiger partial charge in [-0.25, -0.2) is 9.37 Å². The molecule has 6 nitrogen and oxygen atoms in total. The van der Waals surface area contributed by atoms with Gasteiger partial charge in [0.1, 0.15) is 11.6 Å². The number of benzene rings is 2. The van der Waals surface area contributed by atoms with Gasteiger partial charge in [-0.2, -0.15) is 18.2 Å². The number of carbonyl (C=O) groups excluding carboxylic acids is 1. The van der Waals surface area contributed by atoms with Crippen LogP contribution in [0.25, 0.3) is 10.9 Å². The van der Waals surface area contributed by atoms with Crippen molar-refractivity contribution in [3.63, 3.8) is 0 Å². The first-order valence-corrected chi connectivity index (χ1v) is 11.5. The summed E-state index contributed by atoms with van der Waals surface area (Å²) in [6, 6.07) is 10.3. The molecule has 1 fully saturated rings. The zero-order valence-corrected chi connectivity index (χ0v) is 19.5. The summed E-state index contributed by atoms with van der Waals surface area (Å²) >= 11 is 0. The summed E-state index contributed by atoms with van der Waals surface area (Å²) in [6.07, 6.45) is -1.48. The van der Waals surface area contributed by atoms with Crippen LogP contribution in [0, 0.1) is 11.7 Å². The summed E-state index contributed by atoms with van der Waals surface area (Å²) in [5.74, 6) is -0.427. The highest BCUT2D eigenvalue weighted by atomic mass is 19.4. The molecule has 1 saturated carbocycles. The van der Waals surface area contributed by atoms with E-state index in [9.17, 15) is 22.4 Å². The third kappa shape index (κ3) is 5.80. The number of halogens is 4. The van der Waals surface area contributed by atoms with Crippen molar-refractivity contribution in [3.05, 3.63) is 59.4 Å². The Balaban J connectivity index is 1.32. The summed E-state index contributed by atoms with van der Waals surface area (Å²) in [5.41, 5.74) is -0.788. The van der Waals surface area contributed by atoms with Crippen molar-refractivity contribution in [3.8, 4) is 0 Å². The molecule has 0 atom stereocenters. The van der Waals surface area contributed by atoms with Crippen LogP contribution >= 0.6 is 0 Å². The predicted molar refractivity (Wildman–Crippen MR) is 127 cm³/mol. The highest BCUT2D eigenvalue weighted by Crippen LogP contribution is 2.32. The number of alkyl halides is 3. The lowest BCUT2D eigenvalue weighted by molar-refractivity contribution is -0.140. The fraction of sp³-hybridized carbons (Fsp3) is 0.400. The quantitative estimate of drug-likeness (QED) is 0.463. The molecule has 0 bridgehead atoms. The zero-order valence-electron chi connectivity index (χ0n) is 19.5. The number of aromatic nitrogens is 2. The molecule has 1 aromatic heterocycles. The van der Waals surface area contributed by atoms with Gasteiger partial charge in [-0.3, -0.25) is 4.79 Å². The Morgan fingerprint density at radius 1 is 1.06 bits per heavy atom. The number of rotatable bonds is 6. The van der Waals surface area contributed by atoms with Crippen LogP contribution in [0.3, 0.4) is 0 Å². The SMILES string of the molecule is CN(C)c1nc(NC2CCC(CNC(=O)c3ccc(F)c(C(F)(F)F)c3)CC2)nc2ccccc12. The fourth-order valence-electron chi connectivity index (χ4n) is 4.38. The topological polar surface area (TPSA) is 70.2 Å². The largest absolute Gasteiger partial charge is 0.419 e. The lowest BCUT2D eigenvalue weighted by Gasteiger charge is -2.29.